The number of benzene rings is 1. The fraction of sp³-hybridized carbons (Fsp3) is 0.600. The molecule has 0 aromatic heterocycles. The number of ether oxygens (including phenoxy) is 1. The molecule has 1 heterocycles. The molecule has 2 unspecified atom stereocenters. The van der Waals surface area contributed by atoms with E-state index in [9.17, 15) is 10.2 Å². The van der Waals surface area contributed by atoms with Crippen LogP contribution >= 0.6 is 0 Å². The van der Waals surface area contributed by atoms with Gasteiger partial charge < -0.3 is 14.9 Å². The van der Waals surface area contributed by atoms with Crippen molar-refractivity contribution in [1.82, 2.24) is 4.90 Å². The molecule has 0 spiro atoms. The summed E-state index contributed by atoms with van der Waals surface area (Å²) in [4.78, 5) is 2.33. The molecule has 1 aromatic carbocycles. The highest BCUT2D eigenvalue weighted by molar-refractivity contribution is 5.39. The molecular weight excluding hydrogens is 242 g/mol. The molecule has 1 aliphatic heterocycles. The minimum Gasteiger partial charge on any atom is -0.508 e. The fourth-order valence-electron chi connectivity index (χ4n) is 2.80. The van der Waals surface area contributed by atoms with E-state index in [2.05, 4.69) is 4.90 Å². The highest BCUT2D eigenvalue weighted by atomic mass is 16.5. The summed E-state index contributed by atoms with van der Waals surface area (Å²) >= 11 is 0. The van der Waals surface area contributed by atoms with E-state index >= 15 is 0 Å². The lowest BCUT2D eigenvalue weighted by Crippen LogP contribution is -2.31. The van der Waals surface area contributed by atoms with Crippen molar-refractivity contribution in [2.75, 3.05) is 13.7 Å². The zero-order valence-electron chi connectivity index (χ0n) is 11.7. The number of methoxy groups -OCH3 is 1. The van der Waals surface area contributed by atoms with Gasteiger partial charge in [-0.25, -0.2) is 0 Å². The third-order valence-electron chi connectivity index (χ3n) is 3.77. The van der Waals surface area contributed by atoms with E-state index < -0.39 is 0 Å². The summed E-state index contributed by atoms with van der Waals surface area (Å²) in [6.07, 6.45) is 2.80. The van der Waals surface area contributed by atoms with E-state index in [1.807, 2.05) is 13.0 Å². The van der Waals surface area contributed by atoms with Crippen molar-refractivity contribution < 1.29 is 14.9 Å². The number of aliphatic hydroxyl groups excluding tert-OH is 1. The fourth-order valence-corrected chi connectivity index (χ4v) is 2.80. The summed E-state index contributed by atoms with van der Waals surface area (Å²) in [5.41, 5.74) is 0.886. The highest BCUT2D eigenvalue weighted by Gasteiger charge is 2.26. The number of hydrogen-bond donors (Lipinski definition) is 2. The quantitative estimate of drug-likeness (QED) is 0.856. The topological polar surface area (TPSA) is 52.9 Å². The number of rotatable bonds is 5. The zero-order chi connectivity index (χ0) is 13.8. The Morgan fingerprint density at radius 1 is 1.47 bits per heavy atom. The predicted octanol–water partition coefficient (Wildman–Crippen LogP) is 2.14. The first-order chi connectivity index (χ1) is 9.10. The first kappa shape index (κ1) is 14.2. The maximum Gasteiger partial charge on any atom is 0.120 e. The lowest BCUT2D eigenvalue weighted by molar-refractivity contribution is 0.130. The molecule has 0 radical (unpaired) electrons. The average molecular weight is 265 g/mol. The van der Waals surface area contributed by atoms with Gasteiger partial charge in [0, 0.05) is 18.2 Å². The number of phenols is 1. The van der Waals surface area contributed by atoms with Crippen molar-refractivity contribution in [3.63, 3.8) is 0 Å². The molecule has 1 fully saturated rings. The van der Waals surface area contributed by atoms with Crippen LogP contribution in [0.3, 0.4) is 0 Å². The van der Waals surface area contributed by atoms with Crippen LogP contribution in [0, 0.1) is 0 Å². The second kappa shape index (κ2) is 6.26. The van der Waals surface area contributed by atoms with Crippen molar-refractivity contribution in [2.24, 2.45) is 0 Å². The van der Waals surface area contributed by atoms with Gasteiger partial charge >= 0.3 is 0 Å². The molecule has 0 saturated carbocycles. The SMILES string of the molecule is COc1ccc(O)c(CN2CCCC2CC(C)O)c1. The van der Waals surface area contributed by atoms with Gasteiger partial charge in [-0.3, -0.25) is 4.90 Å². The predicted molar refractivity (Wildman–Crippen MR) is 74.4 cm³/mol. The van der Waals surface area contributed by atoms with Crippen LogP contribution in [0.4, 0.5) is 0 Å². The summed E-state index contributed by atoms with van der Waals surface area (Å²) in [6, 6.07) is 5.72. The zero-order valence-corrected chi connectivity index (χ0v) is 11.7. The molecule has 2 atom stereocenters. The Balaban J connectivity index is 2.07. The van der Waals surface area contributed by atoms with Crippen molar-refractivity contribution in [2.45, 2.75) is 44.9 Å². The number of phenolic OH excluding ortho intramolecular Hbond substituents is 1. The van der Waals surface area contributed by atoms with Crippen LogP contribution in [-0.4, -0.2) is 40.9 Å². The van der Waals surface area contributed by atoms with Crippen LogP contribution < -0.4 is 4.74 Å². The van der Waals surface area contributed by atoms with Gasteiger partial charge in [0.25, 0.3) is 0 Å². The monoisotopic (exact) mass is 265 g/mol. The standard InChI is InChI=1S/C15H23NO3/c1-11(17)8-13-4-3-7-16(13)10-12-9-14(19-2)5-6-15(12)18/h5-6,9,11,13,17-18H,3-4,7-8,10H2,1-2H3. The van der Waals surface area contributed by atoms with Gasteiger partial charge in [-0.15, -0.1) is 0 Å². The van der Waals surface area contributed by atoms with Crippen molar-refractivity contribution >= 4 is 0 Å². The molecule has 0 amide bonds. The largest absolute Gasteiger partial charge is 0.508 e. The Kier molecular flexibility index (Phi) is 4.66. The van der Waals surface area contributed by atoms with Gasteiger partial charge in [0.15, 0.2) is 0 Å². The summed E-state index contributed by atoms with van der Waals surface area (Å²) < 4.78 is 5.20. The average Bonchev–Trinajstić information content (AvgIpc) is 2.78. The molecule has 0 bridgehead atoms. The Morgan fingerprint density at radius 3 is 2.95 bits per heavy atom. The van der Waals surface area contributed by atoms with E-state index in [0.717, 1.165) is 37.1 Å². The summed E-state index contributed by atoms with van der Waals surface area (Å²) in [5.74, 6) is 1.07. The number of aromatic hydroxyl groups is 1. The molecule has 1 saturated heterocycles. The van der Waals surface area contributed by atoms with Crippen LogP contribution in [0.5, 0.6) is 11.5 Å². The van der Waals surface area contributed by atoms with E-state index in [0.29, 0.717) is 18.3 Å². The molecule has 4 nitrogen and oxygen atoms in total. The van der Waals surface area contributed by atoms with Crippen LogP contribution in [0.25, 0.3) is 0 Å². The summed E-state index contributed by atoms with van der Waals surface area (Å²) in [6.45, 7) is 3.56. The first-order valence-corrected chi connectivity index (χ1v) is 6.88. The van der Waals surface area contributed by atoms with E-state index in [1.54, 1.807) is 19.2 Å². The molecule has 2 rings (SSSR count). The third kappa shape index (κ3) is 3.61. The van der Waals surface area contributed by atoms with Gasteiger partial charge in [0.05, 0.1) is 13.2 Å². The first-order valence-electron chi connectivity index (χ1n) is 6.88. The molecule has 1 aromatic rings. The highest BCUT2D eigenvalue weighted by Crippen LogP contribution is 2.28. The normalized spacial score (nSPS) is 21.5. The van der Waals surface area contributed by atoms with Crippen LogP contribution in [0.15, 0.2) is 18.2 Å². The van der Waals surface area contributed by atoms with Gasteiger partial charge in [0.2, 0.25) is 0 Å². The van der Waals surface area contributed by atoms with Gasteiger partial charge in [-0.1, -0.05) is 0 Å². The van der Waals surface area contributed by atoms with Gasteiger partial charge in [-0.2, -0.15) is 0 Å². The second-order valence-corrected chi connectivity index (χ2v) is 5.35. The minimum atomic E-state index is -0.274. The minimum absolute atomic E-state index is 0.274. The van der Waals surface area contributed by atoms with Gasteiger partial charge in [-0.05, 0) is 50.9 Å². The molecule has 4 heteroatoms. The Hall–Kier alpha value is -1.26. The Morgan fingerprint density at radius 2 is 2.26 bits per heavy atom. The number of likely N-dealkylation sites (tertiary alicyclic amines) is 1. The Bertz CT molecular complexity index is 420. The lowest BCUT2D eigenvalue weighted by Gasteiger charge is -2.26. The molecule has 1 aliphatic rings. The van der Waals surface area contributed by atoms with E-state index in [1.165, 1.54) is 0 Å². The third-order valence-corrected chi connectivity index (χ3v) is 3.77. The molecular formula is C15H23NO3. The van der Waals surface area contributed by atoms with E-state index in [4.69, 9.17) is 4.74 Å². The Labute approximate surface area is 114 Å². The van der Waals surface area contributed by atoms with Crippen molar-refractivity contribution in [1.29, 1.82) is 0 Å². The number of aliphatic hydroxyl groups is 1. The molecule has 19 heavy (non-hydrogen) atoms. The molecule has 0 aliphatic carbocycles. The van der Waals surface area contributed by atoms with Crippen LogP contribution in [-0.2, 0) is 6.54 Å². The van der Waals surface area contributed by atoms with E-state index in [-0.39, 0.29) is 6.10 Å². The maximum absolute atomic E-state index is 9.93. The van der Waals surface area contributed by atoms with Crippen LogP contribution in [0.1, 0.15) is 31.7 Å². The molecule has 106 valence electrons. The maximum atomic E-state index is 9.93. The van der Waals surface area contributed by atoms with Gasteiger partial charge in [0.1, 0.15) is 11.5 Å². The lowest BCUT2D eigenvalue weighted by atomic mass is 10.1. The summed E-state index contributed by atoms with van der Waals surface area (Å²) in [5, 5.41) is 19.5. The summed E-state index contributed by atoms with van der Waals surface area (Å²) in [7, 11) is 1.63. The number of hydrogen-bond acceptors (Lipinski definition) is 4. The van der Waals surface area contributed by atoms with Crippen molar-refractivity contribution in [3.05, 3.63) is 23.8 Å². The van der Waals surface area contributed by atoms with Crippen molar-refractivity contribution in [3.8, 4) is 11.5 Å². The van der Waals surface area contributed by atoms with Crippen LogP contribution in [0.2, 0.25) is 0 Å². The number of nitrogens with zero attached hydrogens (tertiary/aromatic N) is 1. The molecule has 2 N–H and O–H groups in total. The smallest absolute Gasteiger partial charge is 0.120 e. The second-order valence-electron chi connectivity index (χ2n) is 5.35.